The maximum atomic E-state index is 12.5. The number of rotatable bonds is 2. The lowest BCUT2D eigenvalue weighted by molar-refractivity contribution is -0.145. The van der Waals surface area contributed by atoms with E-state index < -0.39 is 11.7 Å². The minimum absolute atomic E-state index is 0.0588. The van der Waals surface area contributed by atoms with Crippen LogP contribution in [0.15, 0.2) is 35.3 Å². The van der Waals surface area contributed by atoms with Crippen molar-refractivity contribution in [3.05, 3.63) is 30.3 Å². The number of benzene rings is 1. The molecule has 0 unspecified atom stereocenters. The number of aliphatic hydroxyl groups is 1. The molecule has 0 radical (unpaired) electrons. The lowest BCUT2D eigenvalue weighted by atomic mass is 9.87. The maximum Gasteiger partial charge on any atom is 0.293 e. The summed E-state index contributed by atoms with van der Waals surface area (Å²) in [5.74, 6) is 0.0935. The van der Waals surface area contributed by atoms with Gasteiger partial charge in [0.05, 0.1) is 18.8 Å². The molecule has 1 amide bonds. The van der Waals surface area contributed by atoms with Crippen molar-refractivity contribution in [1.29, 1.82) is 0 Å². The number of ether oxygens (including phenoxy) is 1. The van der Waals surface area contributed by atoms with Gasteiger partial charge in [0.2, 0.25) is 5.91 Å². The largest absolute Gasteiger partial charge is 0.453 e. The Hall–Kier alpha value is -2.08. The Morgan fingerprint density at radius 1 is 1.35 bits per heavy atom. The zero-order valence-electron chi connectivity index (χ0n) is 16.1. The standard InChI is InChI=1S/C20H29N3O3/c1-19(2,3)12-17(25)23-11-10-20(16(24)13-23)14-22(4)18(26-20)21-15-8-6-5-7-9-15/h5-9,16,24H,10-14H2,1-4H3/t16-,20+/m0/s1. The molecule has 1 spiro atoms. The highest BCUT2D eigenvalue weighted by Crippen LogP contribution is 2.34. The van der Waals surface area contributed by atoms with Crippen LogP contribution in [-0.4, -0.2) is 65.2 Å². The zero-order chi connectivity index (χ0) is 18.9. The number of amidine groups is 1. The van der Waals surface area contributed by atoms with E-state index in [0.29, 0.717) is 38.5 Å². The van der Waals surface area contributed by atoms with Gasteiger partial charge in [-0.1, -0.05) is 39.0 Å². The van der Waals surface area contributed by atoms with Crippen LogP contribution >= 0.6 is 0 Å². The van der Waals surface area contributed by atoms with E-state index in [1.54, 1.807) is 4.90 Å². The third-order valence-corrected chi connectivity index (χ3v) is 4.95. The van der Waals surface area contributed by atoms with Crippen LogP contribution < -0.4 is 0 Å². The van der Waals surface area contributed by atoms with Gasteiger partial charge in [0.25, 0.3) is 6.02 Å². The molecule has 2 saturated heterocycles. The maximum absolute atomic E-state index is 12.5. The second kappa shape index (κ2) is 6.91. The van der Waals surface area contributed by atoms with E-state index in [-0.39, 0.29) is 11.3 Å². The lowest BCUT2D eigenvalue weighted by Crippen LogP contribution is -2.58. The van der Waals surface area contributed by atoms with Crippen molar-refractivity contribution in [2.45, 2.75) is 45.3 Å². The average molecular weight is 359 g/mol. The number of hydrogen-bond acceptors (Lipinski definition) is 4. The first-order valence-electron chi connectivity index (χ1n) is 9.18. The number of nitrogens with zero attached hydrogens (tertiary/aromatic N) is 3. The molecule has 6 nitrogen and oxygen atoms in total. The van der Waals surface area contributed by atoms with Gasteiger partial charge in [-0.05, 0) is 17.5 Å². The second-order valence-corrected chi connectivity index (χ2v) is 8.60. The number of amides is 1. The Labute approximate surface area is 155 Å². The van der Waals surface area contributed by atoms with Crippen molar-refractivity contribution in [1.82, 2.24) is 9.80 Å². The Kier molecular flexibility index (Phi) is 4.97. The molecule has 6 heteroatoms. The molecule has 2 atom stereocenters. The number of carbonyl (C=O) groups is 1. The van der Waals surface area contributed by atoms with Crippen LogP contribution in [0.2, 0.25) is 0 Å². The number of aliphatic imine (C=N–C) groups is 1. The van der Waals surface area contributed by atoms with E-state index in [1.165, 1.54) is 0 Å². The highest BCUT2D eigenvalue weighted by Gasteiger charge is 2.51. The summed E-state index contributed by atoms with van der Waals surface area (Å²) in [6, 6.07) is 10.2. The first kappa shape index (κ1) is 18.7. The fourth-order valence-corrected chi connectivity index (χ4v) is 3.53. The highest BCUT2D eigenvalue weighted by atomic mass is 16.6. The van der Waals surface area contributed by atoms with Crippen LogP contribution in [0, 0.1) is 5.41 Å². The van der Waals surface area contributed by atoms with Crippen LogP contribution in [0.5, 0.6) is 0 Å². The van der Waals surface area contributed by atoms with Crippen LogP contribution in [0.25, 0.3) is 0 Å². The third-order valence-electron chi connectivity index (χ3n) is 4.95. The summed E-state index contributed by atoms with van der Waals surface area (Å²) in [6.07, 6.45) is 0.349. The van der Waals surface area contributed by atoms with Crippen molar-refractivity contribution >= 4 is 17.6 Å². The molecule has 1 N–H and O–H groups in total. The molecule has 2 fully saturated rings. The summed E-state index contributed by atoms with van der Waals surface area (Å²) in [5, 5.41) is 10.8. The Balaban J connectivity index is 1.69. The SMILES string of the molecule is CN1C[C@@]2(CCN(C(=O)CC(C)(C)C)C[C@@H]2O)OC1=Nc1ccccc1. The van der Waals surface area contributed by atoms with E-state index in [9.17, 15) is 9.90 Å². The molecule has 142 valence electrons. The van der Waals surface area contributed by atoms with Crippen molar-refractivity contribution in [3.63, 3.8) is 0 Å². The van der Waals surface area contributed by atoms with Gasteiger partial charge in [-0.3, -0.25) is 4.79 Å². The van der Waals surface area contributed by atoms with Crippen molar-refractivity contribution < 1.29 is 14.6 Å². The van der Waals surface area contributed by atoms with Crippen LogP contribution in [0.1, 0.15) is 33.6 Å². The Morgan fingerprint density at radius 2 is 2.04 bits per heavy atom. The average Bonchev–Trinajstić information content (AvgIpc) is 2.86. The number of likely N-dealkylation sites (N-methyl/N-ethyl adjacent to an activating group) is 1. The van der Waals surface area contributed by atoms with Crippen molar-refractivity contribution in [2.75, 3.05) is 26.7 Å². The number of piperidine rings is 1. The molecular formula is C20H29N3O3. The minimum atomic E-state index is -0.730. The smallest absolute Gasteiger partial charge is 0.293 e. The highest BCUT2D eigenvalue weighted by molar-refractivity contribution is 5.80. The Morgan fingerprint density at radius 3 is 2.65 bits per heavy atom. The first-order chi connectivity index (χ1) is 12.2. The molecule has 1 aromatic carbocycles. The fraction of sp³-hybridized carbons (Fsp3) is 0.600. The van der Waals surface area contributed by atoms with E-state index in [4.69, 9.17) is 4.74 Å². The molecule has 3 rings (SSSR count). The number of likely N-dealkylation sites (tertiary alicyclic amines) is 1. The van der Waals surface area contributed by atoms with E-state index in [0.717, 1.165) is 5.69 Å². The summed E-state index contributed by atoms with van der Waals surface area (Å²) in [6.45, 7) is 7.62. The third kappa shape index (κ3) is 4.01. The molecule has 2 aliphatic heterocycles. The fourth-order valence-electron chi connectivity index (χ4n) is 3.53. The minimum Gasteiger partial charge on any atom is -0.453 e. The monoisotopic (exact) mass is 359 g/mol. The zero-order valence-corrected chi connectivity index (χ0v) is 16.1. The normalized spacial score (nSPS) is 27.9. The van der Waals surface area contributed by atoms with Gasteiger partial charge < -0.3 is 19.6 Å². The molecule has 0 aromatic heterocycles. The second-order valence-electron chi connectivity index (χ2n) is 8.60. The molecule has 1 aromatic rings. The lowest BCUT2D eigenvalue weighted by Gasteiger charge is -2.42. The molecule has 2 heterocycles. The summed E-state index contributed by atoms with van der Waals surface area (Å²) in [7, 11) is 1.92. The van der Waals surface area contributed by atoms with Gasteiger partial charge in [0, 0.05) is 26.4 Å². The number of para-hydroxylation sites is 1. The van der Waals surface area contributed by atoms with Crippen LogP contribution in [-0.2, 0) is 9.53 Å². The van der Waals surface area contributed by atoms with Gasteiger partial charge in [0.1, 0.15) is 6.10 Å². The molecule has 26 heavy (non-hydrogen) atoms. The summed E-state index contributed by atoms with van der Waals surface area (Å²) in [5.41, 5.74) is 0.0659. The topological polar surface area (TPSA) is 65.4 Å². The predicted octanol–water partition coefficient (Wildman–Crippen LogP) is 2.40. The predicted molar refractivity (Wildman–Crippen MR) is 101 cm³/mol. The summed E-state index contributed by atoms with van der Waals surface area (Å²) in [4.78, 5) is 20.7. The van der Waals surface area contributed by atoms with E-state index in [2.05, 4.69) is 4.99 Å². The van der Waals surface area contributed by atoms with Gasteiger partial charge >= 0.3 is 0 Å². The van der Waals surface area contributed by atoms with Crippen molar-refractivity contribution in [2.24, 2.45) is 10.4 Å². The first-order valence-corrected chi connectivity index (χ1v) is 9.18. The molecule has 0 saturated carbocycles. The van der Waals surface area contributed by atoms with Gasteiger partial charge in [0.15, 0.2) is 5.60 Å². The molecular weight excluding hydrogens is 330 g/mol. The van der Waals surface area contributed by atoms with Crippen molar-refractivity contribution in [3.8, 4) is 0 Å². The van der Waals surface area contributed by atoms with Gasteiger partial charge in [-0.2, -0.15) is 4.99 Å². The van der Waals surface area contributed by atoms with E-state index >= 15 is 0 Å². The van der Waals surface area contributed by atoms with Gasteiger partial charge in [-0.15, -0.1) is 0 Å². The Bertz CT molecular complexity index is 683. The van der Waals surface area contributed by atoms with Crippen LogP contribution in [0.3, 0.4) is 0 Å². The molecule has 2 aliphatic rings. The summed E-state index contributed by atoms with van der Waals surface area (Å²) < 4.78 is 6.14. The number of aliphatic hydroxyl groups excluding tert-OH is 1. The summed E-state index contributed by atoms with van der Waals surface area (Å²) >= 11 is 0. The molecule has 0 aliphatic carbocycles. The quantitative estimate of drug-likeness (QED) is 0.881. The van der Waals surface area contributed by atoms with Gasteiger partial charge in [-0.25, -0.2) is 0 Å². The number of hydrogen-bond donors (Lipinski definition) is 1. The number of carbonyl (C=O) groups excluding carboxylic acids is 1. The molecule has 0 bridgehead atoms. The van der Waals surface area contributed by atoms with E-state index in [1.807, 2.05) is 63.1 Å². The van der Waals surface area contributed by atoms with Crippen LogP contribution in [0.4, 0.5) is 5.69 Å². The number of β-amino-alcohol motifs (C(OH)–C–C–N with tert-alkyl or cyclic N) is 1.